The van der Waals surface area contributed by atoms with E-state index >= 15 is 0 Å². The van der Waals surface area contributed by atoms with Crippen LogP contribution in [0.25, 0.3) is 0 Å². The summed E-state index contributed by atoms with van der Waals surface area (Å²) in [4.78, 5) is 24.5. The third-order valence-electron chi connectivity index (χ3n) is 3.93. The van der Waals surface area contributed by atoms with Gasteiger partial charge in [0.2, 0.25) is 0 Å². The number of aromatic amines is 1. The predicted molar refractivity (Wildman–Crippen MR) is 79.1 cm³/mol. The van der Waals surface area contributed by atoms with Gasteiger partial charge in [-0.2, -0.15) is 0 Å². The van der Waals surface area contributed by atoms with Crippen LogP contribution in [-0.4, -0.2) is 27.7 Å². The van der Waals surface area contributed by atoms with E-state index in [9.17, 15) is 14.9 Å². The van der Waals surface area contributed by atoms with Gasteiger partial charge in [-0.1, -0.05) is 35.2 Å². The molecule has 0 aliphatic heterocycles. The number of halogens is 1. The first-order chi connectivity index (χ1) is 9.56. The van der Waals surface area contributed by atoms with Gasteiger partial charge in [-0.3, -0.25) is 4.79 Å². The van der Waals surface area contributed by atoms with Crippen molar-refractivity contribution in [1.82, 2.24) is 10.3 Å². The zero-order valence-electron chi connectivity index (χ0n) is 11.2. The Morgan fingerprint density at radius 3 is 2.65 bits per heavy atom. The fourth-order valence-corrected chi connectivity index (χ4v) is 3.40. The molecule has 2 N–H and O–H groups in total. The number of H-pyrrole nitrogens is 1. The number of carbonyl (C=O) groups excluding carboxylic acids is 1. The van der Waals surface area contributed by atoms with Crippen molar-refractivity contribution in [3.63, 3.8) is 0 Å². The average molecular weight is 344 g/mol. The first-order valence-electron chi connectivity index (χ1n) is 6.74. The van der Waals surface area contributed by atoms with Crippen molar-refractivity contribution < 1.29 is 9.72 Å². The number of alkyl halides is 1. The van der Waals surface area contributed by atoms with Gasteiger partial charge in [-0.25, -0.2) is 4.98 Å². The van der Waals surface area contributed by atoms with Gasteiger partial charge in [0.05, 0.1) is 0 Å². The molecule has 20 heavy (non-hydrogen) atoms. The summed E-state index contributed by atoms with van der Waals surface area (Å²) in [6.07, 6.45) is 5.84. The Morgan fingerprint density at radius 2 is 2.10 bits per heavy atom. The summed E-state index contributed by atoms with van der Waals surface area (Å²) >= 11 is 3.55. The molecule has 0 unspecified atom stereocenters. The van der Waals surface area contributed by atoms with Crippen LogP contribution in [0.3, 0.4) is 0 Å². The van der Waals surface area contributed by atoms with E-state index in [1.807, 2.05) is 0 Å². The SMILES string of the molecule is O=C(NCC1(CBr)CCCCC1)c1ccc([N+](=O)[O-])[nH]1. The smallest absolute Gasteiger partial charge is 0.321 e. The Labute approximate surface area is 125 Å². The predicted octanol–water partition coefficient (Wildman–Crippen LogP) is 3.00. The number of amides is 1. The van der Waals surface area contributed by atoms with Gasteiger partial charge in [0.1, 0.15) is 0 Å². The lowest BCUT2D eigenvalue weighted by Gasteiger charge is -2.35. The summed E-state index contributed by atoms with van der Waals surface area (Å²) in [5.74, 6) is -0.452. The Balaban J connectivity index is 1.95. The lowest BCUT2D eigenvalue weighted by atomic mass is 9.75. The van der Waals surface area contributed by atoms with E-state index < -0.39 is 4.92 Å². The molecule has 0 atom stereocenters. The molecule has 1 amide bonds. The monoisotopic (exact) mass is 343 g/mol. The fraction of sp³-hybridized carbons (Fsp3) is 0.615. The lowest BCUT2D eigenvalue weighted by molar-refractivity contribution is -0.389. The molecular weight excluding hydrogens is 326 g/mol. The Morgan fingerprint density at radius 1 is 1.40 bits per heavy atom. The molecule has 0 saturated heterocycles. The molecular formula is C13H18BrN3O3. The first kappa shape index (κ1) is 15.0. The van der Waals surface area contributed by atoms with Crippen molar-refractivity contribution in [2.75, 3.05) is 11.9 Å². The molecule has 1 saturated carbocycles. The quantitative estimate of drug-likeness (QED) is 0.489. The number of nitrogens with one attached hydrogen (secondary N) is 2. The van der Waals surface area contributed by atoms with Crippen LogP contribution < -0.4 is 5.32 Å². The molecule has 1 aromatic heterocycles. The zero-order valence-corrected chi connectivity index (χ0v) is 12.7. The minimum atomic E-state index is -0.544. The van der Waals surface area contributed by atoms with Crippen molar-refractivity contribution in [1.29, 1.82) is 0 Å². The molecule has 1 aliphatic rings. The minimum absolute atomic E-state index is 0.117. The normalized spacial score (nSPS) is 17.6. The van der Waals surface area contributed by atoms with Crippen LogP contribution >= 0.6 is 15.9 Å². The summed E-state index contributed by atoms with van der Waals surface area (Å²) in [6, 6.07) is 2.74. The molecule has 0 radical (unpaired) electrons. The van der Waals surface area contributed by atoms with Crippen LogP contribution in [0.4, 0.5) is 5.82 Å². The van der Waals surface area contributed by atoms with Gasteiger partial charge >= 0.3 is 5.82 Å². The van der Waals surface area contributed by atoms with Crippen molar-refractivity contribution in [2.24, 2.45) is 5.41 Å². The van der Waals surface area contributed by atoms with Crippen LogP contribution in [0.2, 0.25) is 0 Å². The minimum Gasteiger partial charge on any atom is -0.358 e. The summed E-state index contributed by atoms with van der Waals surface area (Å²) in [5, 5.41) is 14.3. The fourth-order valence-electron chi connectivity index (χ4n) is 2.64. The Hall–Kier alpha value is -1.37. The molecule has 0 bridgehead atoms. The molecule has 7 heteroatoms. The standard InChI is InChI=1S/C13H18BrN3O3/c14-8-13(6-2-1-3-7-13)9-15-12(18)10-4-5-11(16-10)17(19)20/h4-5,16H,1-3,6-9H2,(H,15,18). The number of aromatic nitrogens is 1. The second-order valence-electron chi connectivity index (χ2n) is 5.39. The van der Waals surface area contributed by atoms with Gasteiger partial charge in [0.25, 0.3) is 5.91 Å². The maximum Gasteiger partial charge on any atom is 0.321 e. The number of hydrogen-bond acceptors (Lipinski definition) is 3. The van der Waals surface area contributed by atoms with Crippen molar-refractivity contribution in [3.05, 3.63) is 27.9 Å². The highest BCUT2D eigenvalue weighted by Gasteiger charge is 2.31. The number of hydrogen-bond donors (Lipinski definition) is 2. The Kier molecular flexibility index (Phi) is 4.80. The summed E-state index contributed by atoms with van der Waals surface area (Å²) in [7, 11) is 0. The summed E-state index contributed by atoms with van der Waals surface area (Å²) in [5.41, 5.74) is 0.351. The molecule has 0 aromatic carbocycles. The molecule has 1 aliphatic carbocycles. The molecule has 1 aromatic rings. The summed E-state index contributed by atoms with van der Waals surface area (Å²) < 4.78 is 0. The van der Waals surface area contributed by atoms with Crippen LogP contribution in [0.1, 0.15) is 42.6 Å². The van der Waals surface area contributed by atoms with E-state index in [2.05, 4.69) is 26.2 Å². The summed E-state index contributed by atoms with van der Waals surface area (Å²) in [6.45, 7) is 0.601. The molecule has 1 fully saturated rings. The molecule has 1 heterocycles. The van der Waals surface area contributed by atoms with Crippen molar-refractivity contribution >= 4 is 27.7 Å². The van der Waals surface area contributed by atoms with Crippen molar-refractivity contribution in [2.45, 2.75) is 32.1 Å². The van der Waals surface area contributed by atoms with Gasteiger partial charge in [-0.15, -0.1) is 0 Å². The second-order valence-corrected chi connectivity index (χ2v) is 5.95. The van der Waals surface area contributed by atoms with E-state index in [4.69, 9.17) is 0 Å². The molecule has 0 spiro atoms. The van der Waals surface area contributed by atoms with E-state index in [1.165, 1.54) is 31.4 Å². The van der Waals surface area contributed by atoms with Crippen molar-refractivity contribution in [3.8, 4) is 0 Å². The molecule has 2 rings (SSSR count). The van der Waals surface area contributed by atoms with Crippen LogP contribution in [0.5, 0.6) is 0 Å². The van der Waals surface area contributed by atoms with Gasteiger partial charge in [0, 0.05) is 17.9 Å². The lowest BCUT2D eigenvalue weighted by Crippen LogP contribution is -2.40. The highest BCUT2D eigenvalue weighted by molar-refractivity contribution is 9.09. The van der Waals surface area contributed by atoms with Gasteiger partial charge in [0.15, 0.2) is 5.69 Å². The highest BCUT2D eigenvalue weighted by Crippen LogP contribution is 2.37. The van der Waals surface area contributed by atoms with Crippen LogP contribution in [0, 0.1) is 15.5 Å². The van der Waals surface area contributed by atoms with Gasteiger partial charge < -0.3 is 15.4 Å². The highest BCUT2D eigenvalue weighted by atomic mass is 79.9. The number of rotatable bonds is 5. The van der Waals surface area contributed by atoms with E-state index in [0.29, 0.717) is 6.54 Å². The van der Waals surface area contributed by atoms with Gasteiger partial charge in [-0.05, 0) is 29.2 Å². The average Bonchev–Trinajstić information content (AvgIpc) is 2.96. The second kappa shape index (κ2) is 6.39. The molecule has 110 valence electrons. The van der Waals surface area contributed by atoms with Crippen LogP contribution in [0.15, 0.2) is 12.1 Å². The topological polar surface area (TPSA) is 88.0 Å². The van der Waals surface area contributed by atoms with E-state index in [0.717, 1.165) is 18.2 Å². The Bertz CT molecular complexity index is 495. The largest absolute Gasteiger partial charge is 0.358 e. The van der Waals surface area contributed by atoms with Crippen LogP contribution in [-0.2, 0) is 0 Å². The zero-order chi connectivity index (χ0) is 14.6. The third kappa shape index (κ3) is 3.39. The van der Waals surface area contributed by atoms with E-state index in [-0.39, 0.29) is 22.8 Å². The van der Waals surface area contributed by atoms with E-state index in [1.54, 1.807) is 0 Å². The number of nitrogens with zero attached hydrogens (tertiary/aromatic N) is 1. The number of nitro groups is 1. The maximum atomic E-state index is 12.0. The number of carbonyl (C=O) groups is 1. The molecule has 6 nitrogen and oxygen atoms in total. The maximum absolute atomic E-state index is 12.0. The third-order valence-corrected chi connectivity index (χ3v) is 5.12. The first-order valence-corrected chi connectivity index (χ1v) is 7.86.